The molecule has 0 amide bonds. The Morgan fingerprint density at radius 2 is 2.10 bits per heavy atom. The van der Waals surface area contributed by atoms with Gasteiger partial charge in [0.05, 0.1) is 13.2 Å². The third-order valence-corrected chi connectivity index (χ3v) is 3.16. The van der Waals surface area contributed by atoms with Crippen LogP contribution in [0.3, 0.4) is 0 Å². The van der Waals surface area contributed by atoms with Crippen LogP contribution < -0.4 is 5.32 Å². The molecule has 1 N–H and O–H groups in total. The van der Waals surface area contributed by atoms with Gasteiger partial charge in [0.1, 0.15) is 0 Å². The van der Waals surface area contributed by atoms with E-state index in [9.17, 15) is 0 Å². The fourth-order valence-corrected chi connectivity index (χ4v) is 2.11. The molecule has 0 aliphatic rings. The lowest BCUT2D eigenvalue weighted by Crippen LogP contribution is -2.17. The maximum absolute atomic E-state index is 5.42. The van der Waals surface area contributed by atoms with Crippen LogP contribution in [0.25, 0.3) is 10.8 Å². The molecule has 1 aromatic heterocycles. The molecule has 2 aromatic rings. The number of rotatable bonds is 9. The maximum atomic E-state index is 5.42. The van der Waals surface area contributed by atoms with E-state index in [1.165, 1.54) is 16.3 Å². The van der Waals surface area contributed by atoms with Crippen molar-refractivity contribution in [2.45, 2.75) is 13.0 Å². The largest absolute Gasteiger partial charge is 0.382 e. The second kappa shape index (κ2) is 8.64. The molecule has 108 valence electrons. The number of benzene rings is 1. The number of methoxy groups -OCH3 is 1. The first-order valence-electron chi connectivity index (χ1n) is 7.01. The number of nitrogens with one attached hydrogen (secondary N) is 1. The molecule has 4 nitrogen and oxygen atoms in total. The molecule has 0 aliphatic heterocycles. The highest BCUT2D eigenvalue weighted by atomic mass is 16.5. The summed E-state index contributed by atoms with van der Waals surface area (Å²) in [6.45, 7) is 3.94. The second-order valence-electron chi connectivity index (χ2n) is 4.65. The fraction of sp³-hybridized carbons (Fsp3) is 0.438. The lowest BCUT2D eigenvalue weighted by Gasteiger charge is -2.08. The van der Waals surface area contributed by atoms with E-state index in [1.54, 1.807) is 7.11 Å². The average molecular weight is 274 g/mol. The molecular formula is C16H22N2O2. The Balaban J connectivity index is 1.71. The molecular weight excluding hydrogens is 252 g/mol. The van der Waals surface area contributed by atoms with E-state index in [-0.39, 0.29) is 0 Å². The highest BCUT2D eigenvalue weighted by Crippen LogP contribution is 2.16. The van der Waals surface area contributed by atoms with Crippen LogP contribution in [0.2, 0.25) is 0 Å². The zero-order valence-electron chi connectivity index (χ0n) is 12.0. The number of hydrogen-bond acceptors (Lipinski definition) is 4. The third-order valence-electron chi connectivity index (χ3n) is 3.16. The number of aromatic nitrogens is 1. The van der Waals surface area contributed by atoms with Gasteiger partial charge in [0.2, 0.25) is 0 Å². The van der Waals surface area contributed by atoms with Crippen LogP contribution in [0.5, 0.6) is 0 Å². The summed E-state index contributed by atoms with van der Waals surface area (Å²) in [4.78, 5) is 4.15. The summed E-state index contributed by atoms with van der Waals surface area (Å²) in [5, 5.41) is 5.91. The lowest BCUT2D eigenvalue weighted by atomic mass is 10.1. The molecule has 0 atom stereocenters. The molecule has 4 heteroatoms. The molecule has 0 fully saturated rings. The predicted octanol–water partition coefficient (Wildman–Crippen LogP) is 2.38. The first-order valence-corrected chi connectivity index (χ1v) is 7.01. The molecule has 0 aliphatic carbocycles. The highest BCUT2D eigenvalue weighted by molar-refractivity contribution is 5.84. The Kier molecular flexibility index (Phi) is 6.44. The Hall–Kier alpha value is -1.49. The molecule has 0 saturated carbocycles. The topological polar surface area (TPSA) is 43.4 Å². The number of pyridine rings is 1. The molecule has 20 heavy (non-hydrogen) atoms. The number of ether oxygens (including phenoxy) is 2. The van der Waals surface area contributed by atoms with Gasteiger partial charge in [-0.05, 0) is 30.0 Å². The summed E-state index contributed by atoms with van der Waals surface area (Å²) < 4.78 is 10.3. The first kappa shape index (κ1) is 14.9. The summed E-state index contributed by atoms with van der Waals surface area (Å²) in [7, 11) is 1.69. The summed E-state index contributed by atoms with van der Waals surface area (Å²) in [6, 6.07) is 8.40. The van der Waals surface area contributed by atoms with Crippen molar-refractivity contribution < 1.29 is 9.47 Å². The van der Waals surface area contributed by atoms with Gasteiger partial charge in [-0.2, -0.15) is 0 Å². The van der Waals surface area contributed by atoms with Crippen LogP contribution in [0.4, 0.5) is 0 Å². The van der Waals surface area contributed by atoms with Crippen molar-refractivity contribution in [3.63, 3.8) is 0 Å². The smallest absolute Gasteiger partial charge is 0.0700 e. The van der Waals surface area contributed by atoms with Crippen LogP contribution >= 0.6 is 0 Å². The number of fused-ring (bicyclic) bond motifs is 1. The molecule has 0 unspecified atom stereocenters. The summed E-state index contributed by atoms with van der Waals surface area (Å²) >= 11 is 0. The van der Waals surface area contributed by atoms with Crippen LogP contribution in [-0.4, -0.2) is 38.5 Å². The van der Waals surface area contributed by atoms with Gasteiger partial charge < -0.3 is 14.8 Å². The van der Waals surface area contributed by atoms with Crippen molar-refractivity contribution in [2.24, 2.45) is 0 Å². The van der Waals surface area contributed by atoms with Crippen molar-refractivity contribution in [1.29, 1.82) is 0 Å². The molecule has 0 saturated heterocycles. The SMILES string of the molecule is COCCOCCCNCc1cccc2cnccc12. The fourth-order valence-electron chi connectivity index (χ4n) is 2.11. The Bertz CT molecular complexity index is 511. The Labute approximate surface area is 120 Å². The quantitative estimate of drug-likeness (QED) is 0.713. The van der Waals surface area contributed by atoms with E-state index in [2.05, 4.69) is 34.6 Å². The summed E-state index contributed by atoms with van der Waals surface area (Å²) in [5.74, 6) is 0. The summed E-state index contributed by atoms with van der Waals surface area (Å²) in [5.41, 5.74) is 1.31. The standard InChI is InChI=1S/C16H22N2O2/c1-19-10-11-20-9-3-7-17-12-14-4-2-5-15-13-18-8-6-16(14)15/h2,4-6,8,13,17H,3,7,9-12H2,1H3. The Morgan fingerprint density at radius 1 is 1.15 bits per heavy atom. The minimum atomic E-state index is 0.664. The monoisotopic (exact) mass is 274 g/mol. The molecule has 1 heterocycles. The van der Waals surface area contributed by atoms with Gasteiger partial charge in [-0.3, -0.25) is 4.98 Å². The normalized spacial score (nSPS) is 11.1. The van der Waals surface area contributed by atoms with Gasteiger partial charge in [0, 0.05) is 38.0 Å². The summed E-state index contributed by atoms with van der Waals surface area (Å²) in [6.07, 6.45) is 4.76. The Morgan fingerprint density at radius 3 is 3.00 bits per heavy atom. The van der Waals surface area contributed by atoms with Gasteiger partial charge in [-0.25, -0.2) is 0 Å². The minimum Gasteiger partial charge on any atom is -0.382 e. The molecule has 2 rings (SSSR count). The van der Waals surface area contributed by atoms with E-state index >= 15 is 0 Å². The zero-order chi connectivity index (χ0) is 14.0. The predicted molar refractivity (Wildman–Crippen MR) is 80.8 cm³/mol. The van der Waals surface area contributed by atoms with Gasteiger partial charge in [-0.1, -0.05) is 18.2 Å². The lowest BCUT2D eigenvalue weighted by molar-refractivity contribution is 0.0695. The first-order chi connectivity index (χ1) is 9.92. The number of nitrogens with zero attached hydrogens (tertiary/aromatic N) is 1. The van der Waals surface area contributed by atoms with E-state index < -0.39 is 0 Å². The average Bonchev–Trinajstić information content (AvgIpc) is 2.50. The highest BCUT2D eigenvalue weighted by Gasteiger charge is 1.99. The maximum Gasteiger partial charge on any atom is 0.0700 e. The third kappa shape index (κ3) is 4.56. The van der Waals surface area contributed by atoms with Crippen LogP contribution in [0, 0.1) is 0 Å². The van der Waals surface area contributed by atoms with Crippen molar-refractivity contribution in [3.05, 3.63) is 42.2 Å². The molecule has 0 radical (unpaired) electrons. The van der Waals surface area contributed by atoms with Crippen LogP contribution in [-0.2, 0) is 16.0 Å². The van der Waals surface area contributed by atoms with E-state index in [1.807, 2.05) is 12.4 Å². The van der Waals surface area contributed by atoms with E-state index in [0.717, 1.165) is 26.1 Å². The van der Waals surface area contributed by atoms with Gasteiger partial charge in [0.25, 0.3) is 0 Å². The minimum absolute atomic E-state index is 0.664. The molecule has 1 aromatic carbocycles. The zero-order valence-corrected chi connectivity index (χ0v) is 12.0. The number of hydrogen-bond donors (Lipinski definition) is 1. The van der Waals surface area contributed by atoms with Crippen LogP contribution in [0.1, 0.15) is 12.0 Å². The van der Waals surface area contributed by atoms with Gasteiger partial charge in [0.15, 0.2) is 0 Å². The molecule has 0 spiro atoms. The van der Waals surface area contributed by atoms with E-state index in [0.29, 0.717) is 13.2 Å². The van der Waals surface area contributed by atoms with Gasteiger partial charge in [-0.15, -0.1) is 0 Å². The van der Waals surface area contributed by atoms with Gasteiger partial charge >= 0.3 is 0 Å². The second-order valence-corrected chi connectivity index (χ2v) is 4.65. The van der Waals surface area contributed by atoms with Crippen molar-refractivity contribution >= 4 is 10.8 Å². The van der Waals surface area contributed by atoms with Crippen molar-refractivity contribution in [3.8, 4) is 0 Å². The van der Waals surface area contributed by atoms with Crippen molar-refractivity contribution in [1.82, 2.24) is 10.3 Å². The van der Waals surface area contributed by atoms with Crippen molar-refractivity contribution in [2.75, 3.05) is 33.5 Å². The molecule has 0 bridgehead atoms. The van der Waals surface area contributed by atoms with Crippen LogP contribution in [0.15, 0.2) is 36.7 Å². The van der Waals surface area contributed by atoms with E-state index in [4.69, 9.17) is 9.47 Å².